The molecule has 3 rings (SSSR count). The van der Waals surface area contributed by atoms with Crippen molar-refractivity contribution < 1.29 is 13.2 Å². The van der Waals surface area contributed by atoms with E-state index < -0.39 is 9.84 Å². The normalized spacial score (nSPS) is 27.5. The summed E-state index contributed by atoms with van der Waals surface area (Å²) in [6.07, 6.45) is 5.02. The van der Waals surface area contributed by atoms with Gasteiger partial charge in [-0.1, -0.05) is 6.42 Å². The molecule has 3 atom stereocenters. The first-order chi connectivity index (χ1) is 10.3. The highest BCUT2D eigenvalue weighted by atomic mass is 32.2. The van der Waals surface area contributed by atoms with Crippen molar-refractivity contribution >= 4 is 15.9 Å². The molecule has 1 aromatic heterocycles. The number of sulfone groups is 1. The maximum Gasteiger partial charge on any atom is 0.346 e. The number of aromatic nitrogens is 3. The van der Waals surface area contributed by atoms with E-state index in [2.05, 4.69) is 10.1 Å². The Kier molecular flexibility index (Phi) is 3.74. The van der Waals surface area contributed by atoms with E-state index in [1.54, 1.807) is 7.05 Å². The molecule has 1 amide bonds. The third-order valence-corrected chi connectivity index (χ3v) is 7.14. The Hall–Kier alpha value is -1.44. The number of amides is 1. The second-order valence-corrected chi connectivity index (χ2v) is 8.78. The van der Waals surface area contributed by atoms with E-state index in [-0.39, 0.29) is 28.4 Å². The lowest BCUT2D eigenvalue weighted by Gasteiger charge is -2.21. The van der Waals surface area contributed by atoms with Crippen LogP contribution in [0.3, 0.4) is 0 Å². The molecule has 7 nitrogen and oxygen atoms in total. The molecule has 2 aliphatic rings. The fourth-order valence-electron chi connectivity index (χ4n) is 3.55. The van der Waals surface area contributed by atoms with Crippen molar-refractivity contribution in [1.29, 1.82) is 0 Å². The van der Waals surface area contributed by atoms with Crippen LogP contribution in [0, 0.1) is 11.8 Å². The lowest BCUT2D eigenvalue weighted by Crippen LogP contribution is -2.36. The van der Waals surface area contributed by atoms with Crippen molar-refractivity contribution in [3.63, 3.8) is 0 Å². The van der Waals surface area contributed by atoms with Crippen LogP contribution in [0.1, 0.15) is 39.5 Å². The minimum Gasteiger partial charge on any atom is -0.323 e. The van der Waals surface area contributed by atoms with Gasteiger partial charge in [0.1, 0.15) is 6.33 Å². The van der Waals surface area contributed by atoms with Crippen molar-refractivity contribution in [2.75, 3.05) is 7.05 Å². The van der Waals surface area contributed by atoms with Gasteiger partial charge in [-0.25, -0.2) is 18.2 Å². The molecule has 22 heavy (non-hydrogen) atoms. The highest BCUT2D eigenvalue weighted by Gasteiger charge is 2.47. The molecular formula is C14H22N4O3S. The summed E-state index contributed by atoms with van der Waals surface area (Å²) >= 11 is 0. The van der Waals surface area contributed by atoms with Gasteiger partial charge in [-0.3, -0.25) is 0 Å². The third-order valence-electron chi connectivity index (χ3n) is 5.07. The molecule has 0 spiro atoms. The Morgan fingerprint density at radius 2 is 2.09 bits per heavy atom. The van der Waals surface area contributed by atoms with Gasteiger partial charge in [-0.05, 0) is 44.9 Å². The Labute approximate surface area is 130 Å². The second kappa shape index (κ2) is 5.33. The van der Waals surface area contributed by atoms with Crippen LogP contribution >= 0.6 is 0 Å². The zero-order chi connectivity index (χ0) is 16.1. The van der Waals surface area contributed by atoms with Crippen LogP contribution in [-0.2, 0) is 9.84 Å². The fraction of sp³-hybridized carbons (Fsp3) is 0.786. The summed E-state index contributed by atoms with van der Waals surface area (Å²) < 4.78 is 26.4. The fourth-order valence-corrected chi connectivity index (χ4v) is 5.50. The van der Waals surface area contributed by atoms with E-state index in [1.165, 1.54) is 11.2 Å². The topological polar surface area (TPSA) is 85.2 Å². The molecule has 122 valence electrons. The maximum atomic E-state index is 12.7. The van der Waals surface area contributed by atoms with Crippen LogP contribution in [0.2, 0.25) is 0 Å². The van der Waals surface area contributed by atoms with E-state index >= 15 is 0 Å². The average Bonchev–Trinajstić information content (AvgIpc) is 3.20. The van der Waals surface area contributed by atoms with E-state index in [0.29, 0.717) is 12.3 Å². The van der Waals surface area contributed by atoms with E-state index in [4.69, 9.17) is 0 Å². The Balaban J connectivity index is 1.83. The first-order valence-corrected chi connectivity index (χ1v) is 9.28. The quantitative estimate of drug-likeness (QED) is 0.841. The molecule has 2 fully saturated rings. The molecule has 0 saturated heterocycles. The van der Waals surface area contributed by atoms with E-state index in [9.17, 15) is 13.2 Å². The lowest BCUT2D eigenvalue weighted by molar-refractivity contribution is 0.195. The molecule has 2 aliphatic carbocycles. The van der Waals surface area contributed by atoms with Crippen LogP contribution in [0.15, 0.2) is 11.5 Å². The second-order valence-electron chi connectivity index (χ2n) is 6.72. The number of nitrogens with zero attached hydrogens (tertiary/aromatic N) is 4. The van der Waals surface area contributed by atoms with Crippen molar-refractivity contribution in [1.82, 2.24) is 19.7 Å². The summed E-state index contributed by atoms with van der Waals surface area (Å²) in [6.45, 7) is 3.75. The lowest BCUT2D eigenvalue weighted by atomic mass is 10.0. The minimum atomic E-state index is -3.54. The van der Waals surface area contributed by atoms with E-state index in [1.807, 2.05) is 13.8 Å². The van der Waals surface area contributed by atoms with Gasteiger partial charge < -0.3 is 4.90 Å². The Morgan fingerprint density at radius 1 is 1.36 bits per heavy atom. The number of hydrogen-bond acceptors (Lipinski definition) is 5. The predicted molar refractivity (Wildman–Crippen MR) is 80.1 cm³/mol. The van der Waals surface area contributed by atoms with E-state index in [0.717, 1.165) is 23.9 Å². The molecular weight excluding hydrogens is 304 g/mol. The number of fused-ring (bicyclic) bond motifs is 2. The van der Waals surface area contributed by atoms with Crippen LogP contribution in [0.25, 0.3) is 0 Å². The number of carbonyl (C=O) groups excluding carboxylic acids is 1. The summed E-state index contributed by atoms with van der Waals surface area (Å²) in [5, 5.41) is 3.35. The van der Waals surface area contributed by atoms with Gasteiger partial charge in [-0.15, -0.1) is 5.10 Å². The van der Waals surface area contributed by atoms with Gasteiger partial charge in [0.05, 0.1) is 5.25 Å². The summed E-state index contributed by atoms with van der Waals surface area (Å²) in [7, 11) is -1.89. The molecule has 2 saturated carbocycles. The number of carbonyl (C=O) groups is 1. The third kappa shape index (κ3) is 2.43. The highest BCUT2D eigenvalue weighted by molar-refractivity contribution is 7.91. The van der Waals surface area contributed by atoms with Gasteiger partial charge in [0, 0.05) is 13.1 Å². The molecule has 1 heterocycles. The monoisotopic (exact) mass is 326 g/mol. The van der Waals surface area contributed by atoms with Crippen molar-refractivity contribution in [2.24, 2.45) is 11.8 Å². The molecule has 0 unspecified atom stereocenters. The molecule has 2 bridgehead atoms. The minimum absolute atomic E-state index is 0.00215. The summed E-state index contributed by atoms with van der Waals surface area (Å²) in [5.74, 6) is 0.761. The van der Waals surface area contributed by atoms with Gasteiger partial charge >= 0.3 is 6.03 Å². The van der Waals surface area contributed by atoms with Crippen LogP contribution in [0.5, 0.6) is 0 Å². The number of rotatable bonds is 3. The largest absolute Gasteiger partial charge is 0.346 e. The van der Waals surface area contributed by atoms with Gasteiger partial charge in [-0.2, -0.15) is 4.68 Å². The first kappa shape index (κ1) is 15.5. The zero-order valence-electron chi connectivity index (χ0n) is 13.1. The van der Waals surface area contributed by atoms with Crippen LogP contribution < -0.4 is 0 Å². The maximum absolute atomic E-state index is 12.7. The van der Waals surface area contributed by atoms with Crippen molar-refractivity contribution in [2.45, 2.75) is 56.0 Å². The predicted octanol–water partition coefficient (Wildman–Crippen LogP) is 1.55. The molecule has 0 N–H and O–H groups in total. The number of hydrogen-bond donors (Lipinski definition) is 0. The van der Waals surface area contributed by atoms with Crippen LogP contribution in [0.4, 0.5) is 4.79 Å². The zero-order valence-corrected chi connectivity index (χ0v) is 14.0. The SMILES string of the molecule is CC(C)N(C)C(=O)n1cnc(S(=O)(=O)[C@@H]2C[C@@H]3CC[C@H]2C3)n1. The van der Waals surface area contributed by atoms with Gasteiger partial charge in [0.2, 0.25) is 9.84 Å². The average molecular weight is 326 g/mol. The molecule has 0 aromatic carbocycles. The molecule has 8 heteroatoms. The van der Waals surface area contributed by atoms with Crippen molar-refractivity contribution in [3.8, 4) is 0 Å². The first-order valence-electron chi connectivity index (χ1n) is 7.73. The smallest absolute Gasteiger partial charge is 0.323 e. The summed E-state index contributed by atoms with van der Waals surface area (Å²) in [4.78, 5) is 17.6. The summed E-state index contributed by atoms with van der Waals surface area (Å²) in [5.41, 5.74) is 0. The van der Waals surface area contributed by atoms with Gasteiger partial charge in [0.25, 0.3) is 5.16 Å². The molecule has 1 aromatic rings. The van der Waals surface area contributed by atoms with Crippen LogP contribution in [-0.4, -0.2) is 52.5 Å². The Morgan fingerprint density at radius 3 is 2.64 bits per heavy atom. The summed E-state index contributed by atoms with van der Waals surface area (Å²) in [6, 6.07) is -0.376. The Bertz CT molecular complexity index is 682. The highest BCUT2D eigenvalue weighted by Crippen LogP contribution is 2.48. The molecule has 0 radical (unpaired) electrons. The molecule has 0 aliphatic heterocycles. The van der Waals surface area contributed by atoms with Gasteiger partial charge in [0.15, 0.2) is 0 Å². The standard InChI is InChI=1S/C14H22N4O3S/c1-9(2)17(3)14(19)18-8-15-13(16-18)22(20,21)12-7-10-4-5-11(12)6-10/h8-12H,4-7H2,1-3H3/t10-,11+,12-/m1/s1. The van der Waals surface area contributed by atoms with Crippen molar-refractivity contribution in [3.05, 3.63) is 6.33 Å².